The van der Waals surface area contributed by atoms with Crippen molar-refractivity contribution < 1.29 is 4.92 Å². The minimum atomic E-state index is -0.367. The van der Waals surface area contributed by atoms with E-state index in [1.807, 2.05) is 0 Å². The highest BCUT2D eigenvalue weighted by Crippen LogP contribution is 2.31. The van der Waals surface area contributed by atoms with Gasteiger partial charge in [0.15, 0.2) is 0 Å². The van der Waals surface area contributed by atoms with Gasteiger partial charge in [0.25, 0.3) is 5.69 Å². The SMILES string of the molecule is CC1CCC(Nc2ccc([N+](=O)[O-])cc2)CC1C. The number of nitro benzene ring substituents is 1. The van der Waals surface area contributed by atoms with Crippen LogP contribution in [0.5, 0.6) is 0 Å². The van der Waals surface area contributed by atoms with E-state index >= 15 is 0 Å². The van der Waals surface area contributed by atoms with E-state index in [1.54, 1.807) is 24.3 Å². The molecule has 1 aliphatic carbocycles. The molecule has 3 unspecified atom stereocenters. The van der Waals surface area contributed by atoms with Gasteiger partial charge in [0.05, 0.1) is 4.92 Å². The molecular weight excluding hydrogens is 228 g/mol. The molecule has 1 aromatic rings. The van der Waals surface area contributed by atoms with Crippen LogP contribution in [-0.2, 0) is 0 Å². The van der Waals surface area contributed by atoms with Crippen LogP contribution in [0.3, 0.4) is 0 Å². The number of anilines is 1. The minimum Gasteiger partial charge on any atom is -0.382 e. The van der Waals surface area contributed by atoms with E-state index in [1.165, 1.54) is 19.3 Å². The lowest BCUT2D eigenvalue weighted by Gasteiger charge is -2.33. The number of non-ortho nitro benzene ring substituents is 1. The van der Waals surface area contributed by atoms with Crippen molar-refractivity contribution in [2.45, 2.75) is 39.2 Å². The maximum absolute atomic E-state index is 10.6. The molecule has 0 heterocycles. The van der Waals surface area contributed by atoms with Crippen molar-refractivity contribution in [2.75, 3.05) is 5.32 Å². The van der Waals surface area contributed by atoms with Gasteiger partial charge in [-0.25, -0.2) is 0 Å². The van der Waals surface area contributed by atoms with Gasteiger partial charge in [-0.3, -0.25) is 10.1 Å². The molecular formula is C14H20N2O2. The molecule has 0 radical (unpaired) electrons. The lowest BCUT2D eigenvalue weighted by Crippen LogP contribution is -2.30. The summed E-state index contributed by atoms with van der Waals surface area (Å²) in [4.78, 5) is 10.2. The second-order valence-corrected chi connectivity index (χ2v) is 5.41. The summed E-state index contributed by atoms with van der Waals surface area (Å²) in [7, 11) is 0. The molecule has 18 heavy (non-hydrogen) atoms. The van der Waals surface area contributed by atoms with Gasteiger partial charge in [0, 0.05) is 23.9 Å². The second kappa shape index (κ2) is 5.38. The van der Waals surface area contributed by atoms with Crippen LogP contribution in [0, 0.1) is 22.0 Å². The van der Waals surface area contributed by atoms with Crippen molar-refractivity contribution in [3.63, 3.8) is 0 Å². The van der Waals surface area contributed by atoms with Crippen LogP contribution >= 0.6 is 0 Å². The molecule has 0 saturated heterocycles. The third-order valence-corrected chi connectivity index (χ3v) is 4.05. The molecule has 0 aromatic heterocycles. The molecule has 3 atom stereocenters. The predicted molar refractivity (Wildman–Crippen MR) is 72.7 cm³/mol. The Balaban J connectivity index is 1.95. The standard InChI is InChI=1S/C14H20N2O2/c1-10-3-4-13(9-11(10)2)15-12-5-7-14(8-6-12)16(17)18/h5-8,10-11,13,15H,3-4,9H2,1-2H3. The first-order chi connectivity index (χ1) is 8.56. The van der Waals surface area contributed by atoms with Crippen molar-refractivity contribution in [1.29, 1.82) is 0 Å². The van der Waals surface area contributed by atoms with Gasteiger partial charge in [0.2, 0.25) is 0 Å². The predicted octanol–water partition coefficient (Wildman–Crippen LogP) is 3.83. The Morgan fingerprint density at radius 2 is 1.83 bits per heavy atom. The average molecular weight is 248 g/mol. The van der Waals surface area contributed by atoms with E-state index in [2.05, 4.69) is 19.2 Å². The lowest BCUT2D eigenvalue weighted by molar-refractivity contribution is -0.384. The van der Waals surface area contributed by atoms with Crippen LogP contribution in [0.1, 0.15) is 33.1 Å². The number of nitro groups is 1. The van der Waals surface area contributed by atoms with Crippen LogP contribution in [0.25, 0.3) is 0 Å². The van der Waals surface area contributed by atoms with Crippen molar-refractivity contribution in [2.24, 2.45) is 11.8 Å². The molecule has 4 nitrogen and oxygen atoms in total. The van der Waals surface area contributed by atoms with Gasteiger partial charge in [-0.05, 0) is 43.2 Å². The largest absolute Gasteiger partial charge is 0.382 e. The summed E-state index contributed by atoms with van der Waals surface area (Å²) >= 11 is 0. The zero-order valence-corrected chi connectivity index (χ0v) is 10.9. The normalized spacial score (nSPS) is 27.8. The van der Waals surface area contributed by atoms with Crippen LogP contribution in [-0.4, -0.2) is 11.0 Å². The summed E-state index contributed by atoms with van der Waals surface area (Å²) in [5.41, 5.74) is 1.12. The summed E-state index contributed by atoms with van der Waals surface area (Å²) in [5.74, 6) is 1.55. The summed E-state index contributed by atoms with van der Waals surface area (Å²) < 4.78 is 0. The van der Waals surface area contributed by atoms with Gasteiger partial charge in [-0.2, -0.15) is 0 Å². The summed E-state index contributed by atoms with van der Waals surface area (Å²) in [6.07, 6.45) is 3.62. The maximum atomic E-state index is 10.6. The Kier molecular flexibility index (Phi) is 3.84. The fourth-order valence-corrected chi connectivity index (χ4v) is 2.59. The Bertz CT molecular complexity index is 416. The van der Waals surface area contributed by atoms with Crippen molar-refractivity contribution >= 4 is 11.4 Å². The number of benzene rings is 1. The van der Waals surface area contributed by atoms with Crippen molar-refractivity contribution in [3.05, 3.63) is 34.4 Å². The van der Waals surface area contributed by atoms with Crippen molar-refractivity contribution in [3.8, 4) is 0 Å². The molecule has 1 aliphatic rings. The molecule has 0 aliphatic heterocycles. The summed E-state index contributed by atoms with van der Waals surface area (Å²) in [6.45, 7) is 4.61. The second-order valence-electron chi connectivity index (χ2n) is 5.41. The van der Waals surface area contributed by atoms with E-state index in [0.29, 0.717) is 6.04 Å². The fourth-order valence-electron chi connectivity index (χ4n) is 2.59. The highest BCUT2D eigenvalue weighted by Gasteiger charge is 2.24. The van der Waals surface area contributed by atoms with E-state index < -0.39 is 0 Å². The molecule has 2 rings (SSSR count). The topological polar surface area (TPSA) is 55.2 Å². The molecule has 1 saturated carbocycles. The van der Waals surface area contributed by atoms with E-state index in [9.17, 15) is 10.1 Å². The third kappa shape index (κ3) is 3.00. The molecule has 1 N–H and O–H groups in total. The monoisotopic (exact) mass is 248 g/mol. The molecule has 98 valence electrons. The number of hydrogen-bond acceptors (Lipinski definition) is 3. The summed E-state index contributed by atoms with van der Waals surface area (Å²) in [5, 5.41) is 14.0. The minimum absolute atomic E-state index is 0.145. The van der Waals surface area contributed by atoms with Gasteiger partial charge in [-0.15, -0.1) is 0 Å². The highest BCUT2D eigenvalue weighted by atomic mass is 16.6. The molecule has 4 heteroatoms. The van der Waals surface area contributed by atoms with E-state index in [0.717, 1.165) is 17.5 Å². The Labute approximate surface area is 108 Å². The van der Waals surface area contributed by atoms with Gasteiger partial charge in [0.1, 0.15) is 0 Å². The van der Waals surface area contributed by atoms with Gasteiger partial charge in [-0.1, -0.05) is 13.8 Å². The zero-order valence-electron chi connectivity index (χ0n) is 10.9. The number of nitrogens with one attached hydrogen (secondary N) is 1. The number of hydrogen-bond donors (Lipinski definition) is 1. The first-order valence-electron chi connectivity index (χ1n) is 6.57. The van der Waals surface area contributed by atoms with Crippen LogP contribution in [0.15, 0.2) is 24.3 Å². The maximum Gasteiger partial charge on any atom is 0.269 e. The molecule has 0 amide bonds. The zero-order chi connectivity index (χ0) is 13.1. The number of nitrogens with zero attached hydrogens (tertiary/aromatic N) is 1. The fraction of sp³-hybridized carbons (Fsp3) is 0.571. The summed E-state index contributed by atoms with van der Waals surface area (Å²) in [6, 6.07) is 7.19. The van der Waals surface area contributed by atoms with Crippen LogP contribution < -0.4 is 5.32 Å². The van der Waals surface area contributed by atoms with Crippen LogP contribution in [0.2, 0.25) is 0 Å². The van der Waals surface area contributed by atoms with E-state index in [-0.39, 0.29) is 10.6 Å². The average Bonchev–Trinajstić information content (AvgIpc) is 2.34. The van der Waals surface area contributed by atoms with E-state index in [4.69, 9.17) is 0 Å². The highest BCUT2D eigenvalue weighted by molar-refractivity contribution is 5.49. The number of rotatable bonds is 3. The quantitative estimate of drug-likeness (QED) is 0.653. The first-order valence-corrected chi connectivity index (χ1v) is 6.57. The van der Waals surface area contributed by atoms with Gasteiger partial charge >= 0.3 is 0 Å². The van der Waals surface area contributed by atoms with Crippen LogP contribution in [0.4, 0.5) is 11.4 Å². The molecule has 1 fully saturated rings. The van der Waals surface area contributed by atoms with Gasteiger partial charge < -0.3 is 5.32 Å². The Morgan fingerprint density at radius 3 is 2.39 bits per heavy atom. The smallest absolute Gasteiger partial charge is 0.269 e. The molecule has 0 spiro atoms. The molecule has 0 bridgehead atoms. The third-order valence-electron chi connectivity index (χ3n) is 4.05. The van der Waals surface area contributed by atoms with Crippen molar-refractivity contribution in [1.82, 2.24) is 0 Å². The molecule has 1 aromatic carbocycles. The first kappa shape index (κ1) is 12.9. The lowest BCUT2D eigenvalue weighted by atomic mass is 9.79. The Hall–Kier alpha value is -1.58. The Morgan fingerprint density at radius 1 is 1.17 bits per heavy atom.